The fourth-order valence-corrected chi connectivity index (χ4v) is 2.82. The van der Waals surface area contributed by atoms with E-state index < -0.39 is 0 Å². The van der Waals surface area contributed by atoms with Gasteiger partial charge in [0.2, 0.25) is 0 Å². The smallest absolute Gasteiger partial charge is 0.124 e. The van der Waals surface area contributed by atoms with Gasteiger partial charge in [-0.1, -0.05) is 31.5 Å². The number of benzene rings is 1. The molecule has 2 aromatic rings. The van der Waals surface area contributed by atoms with Crippen molar-refractivity contribution in [3.63, 3.8) is 0 Å². The predicted molar refractivity (Wildman–Crippen MR) is 86.8 cm³/mol. The quantitative estimate of drug-likeness (QED) is 0.828. The third kappa shape index (κ3) is 4.51. The molecule has 108 valence electrons. The summed E-state index contributed by atoms with van der Waals surface area (Å²) in [6, 6.07) is 10.5. The largest absolute Gasteiger partial charge is 0.488 e. The van der Waals surface area contributed by atoms with Gasteiger partial charge in [0, 0.05) is 27.4 Å². The molecule has 0 unspecified atom stereocenters. The van der Waals surface area contributed by atoms with E-state index in [0.29, 0.717) is 17.7 Å². The van der Waals surface area contributed by atoms with Gasteiger partial charge >= 0.3 is 0 Å². The molecule has 1 heterocycles. The Hall–Kier alpha value is -1.03. The monoisotopic (exact) mass is 309 g/mol. The third-order valence-electron chi connectivity index (χ3n) is 2.92. The van der Waals surface area contributed by atoms with Gasteiger partial charge < -0.3 is 10.1 Å². The zero-order valence-corrected chi connectivity index (χ0v) is 13.6. The van der Waals surface area contributed by atoms with Crippen molar-refractivity contribution >= 4 is 22.9 Å². The van der Waals surface area contributed by atoms with E-state index in [0.717, 1.165) is 17.9 Å². The Bertz CT molecular complexity index is 565. The molecule has 1 aromatic carbocycles. The lowest BCUT2D eigenvalue weighted by molar-refractivity contribution is 0.307. The molecule has 0 bridgehead atoms. The van der Waals surface area contributed by atoms with Gasteiger partial charge in [-0.25, -0.2) is 0 Å². The van der Waals surface area contributed by atoms with Gasteiger partial charge in [0.1, 0.15) is 12.4 Å². The Labute approximate surface area is 129 Å². The summed E-state index contributed by atoms with van der Waals surface area (Å²) in [5.41, 5.74) is 1.10. The summed E-state index contributed by atoms with van der Waals surface area (Å²) >= 11 is 7.77. The highest BCUT2D eigenvalue weighted by Crippen LogP contribution is 2.25. The SMILES string of the molecule is Cc1ccc(Cl)cc1OCc1ccc(CNC(C)C)s1. The summed E-state index contributed by atoms with van der Waals surface area (Å²) in [6.07, 6.45) is 0. The second-order valence-electron chi connectivity index (χ2n) is 5.10. The summed E-state index contributed by atoms with van der Waals surface area (Å²) < 4.78 is 5.85. The molecule has 0 saturated heterocycles. The van der Waals surface area contributed by atoms with Gasteiger partial charge in [-0.3, -0.25) is 0 Å². The van der Waals surface area contributed by atoms with Gasteiger partial charge in [0.05, 0.1) is 0 Å². The molecule has 0 amide bonds. The molecule has 0 spiro atoms. The molecule has 2 rings (SSSR count). The molecular weight excluding hydrogens is 290 g/mol. The van der Waals surface area contributed by atoms with Crippen LogP contribution in [0.15, 0.2) is 30.3 Å². The van der Waals surface area contributed by atoms with Gasteiger partial charge in [-0.15, -0.1) is 11.3 Å². The lowest BCUT2D eigenvalue weighted by atomic mass is 10.2. The highest BCUT2D eigenvalue weighted by atomic mass is 35.5. The number of hydrogen-bond donors (Lipinski definition) is 1. The summed E-state index contributed by atoms with van der Waals surface area (Å²) in [5, 5.41) is 4.12. The molecule has 4 heteroatoms. The van der Waals surface area contributed by atoms with Crippen LogP contribution < -0.4 is 10.1 Å². The lowest BCUT2D eigenvalue weighted by Crippen LogP contribution is -2.21. The summed E-state index contributed by atoms with van der Waals surface area (Å²) in [5.74, 6) is 0.854. The molecule has 0 atom stereocenters. The fraction of sp³-hybridized carbons (Fsp3) is 0.375. The number of ether oxygens (including phenoxy) is 1. The van der Waals surface area contributed by atoms with Crippen LogP contribution in [0.5, 0.6) is 5.75 Å². The van der Waals surface area contributed by atoms with Crippen LogP contribution in [-0.2, 0) is 13.2 Å². The predicted octanol–water partition coefficient (Wildman–Crippen LogP) is 4.79. The van der Waals surface area contributed by atoms with Crippen molar-refractivity contribution in [2.24, 2.45) is 0 Å². The highest BCUT2D eigenvalue weighted by molar-refractivity contribution is 7.11. The molecule has 0 aliphatic carbocycles. The van der Waals surface area contributed by atoms with Gasteiger partial charge in [0.25, 0.3) is 0 Å². The van der Waals surface area contributed by atoms with E-state index in [1.54, 1.807) is 11.3 Å². The van der Waals surface area contributed by atoms with E-state index in [-0.39, 0.29) is 0 Å². The van der Waals surface area contributed by atoms with Crippen LogP contribution >= 0.6 is 22.9 Å². The standard InChI is InChI=1S/C16H20ClNOS/c1-11(2)18-9-14-6-7-15(20-14)10-19-16-8-13(17)5-4-12(16)3/h4-8,11,18H,9-10H2,1-3H3. The maximum absolute atomic E-state index is 5.99. The summed E-state index contributed by atoms with van der Waals surface area (Å²) in [7, 11) is 0. The molecular formula is C16H20ClNOS. The van der Waals surface area contributed by atoms with Gasteiger partial charge in [-0.05, 0) is 36.8 Å². The van der Waals surface area contributed by atoms with Crippen LogP contribution in [0.3, 0.4) is 0 Å². The molecule has 2 nitrogen and oxygen atoms in total. The van der Waals surface area contributed by atoms with Gasteiger partial charge in [0.15, 0.2) is 0 Å². The third-order valence-corrected chi connectivity index (χ3v) is 4.22. The van der Waals surface area contributed by atoms with Crippen LogP contribution in [0.25, 0.3) is 0 Å². The molecule has 0 aliphatic heterocycles. The van der Waals surface area contributed by atoms with Crippen molar-refractivity contribution in [3.05, 3.63) is 50.7 Å². The van der Waals surface area contributed by atoms with Crippen LogP contribution in [0.1, 0.15) is 29.2 Å². The Morgan fingerprint density at radius 3 is 2.70 bits per heavy atom. The van der Waals surface area contributed by atoms with E-state index in [9.17, 15) is 0 Å². The zero-order chi connectivity index (χ0) is 14.5. The van der Waals surface area contributed by atoms with Crippen LogP contribution in [-0.4, -0.2) is 6.04 Å². The molecule has 1 N–H and O–H groups in total. The molecule has 20 heavy (non-hydrogen) atoms. The van der Waals surface area contributed by atoms with Gasteiger partial charge in [-0.2, -0.15) is 0 Å². The van der Waals surface area contributed by atoms with E-state index in [4.69, 9.17) is 16.3 Å². The minimum atomic E-state index is 0.505. The first-order chi connectivity index (χ1) is 9.54. The van der Waals surface area contributed by atoms with Crippen LogP contribution in [0, 0.1) is 6.92 Å². The number of aryl methyl sites for hydroxylation is 1. The number of nitrogens with one attached hydrogen (secondary N) is 1. The average molecular weight is 310 g/mol. The van der Waals surface area contributed by atoms with E-state index >= 15 is 0 Å². The first-order valence-corrected chi connectivity index (χ1v) is 7.94. The molecule has 0 fully saturated rings. The van der Waals surface area contributed by atoms with Crippen molar-refractivity contribution in [1.82, 2.24) is 5.32 Å². The van der Waals surface area contributed by atoms with E-state index in [2.05, 4.69) is 31.3 Å². The van der Waals surface area contributed by atoms with Crippen molar-refractivity contribution in [2.75, 3.05) is 0 Å². The second kappa shape index (κ2) is 7.11. The Balaban J connectivity index is 1.92. The Morgan fingerprint density at radius 2 is 1.95 bits per heavy atom. The fourth-order valence-electron chi connectivity index (χ4n) is 1.78. The van der Waals surface area contributed by atoms with Crippen LogP contribution in [0.4, 0.5) is 0 Å². The average Bonchev–Trinajstić information content (AvgIpc) is 2.85. The maximum Gasteiger partial charge on any atom is 0.124 e. The van der Waals surface area contributed by atoms with Crippen molar-refractivity contribution in [2.45, 2.75) is 40.0 Å². The number of rotatable bonds is 6. The minimum absolute atomic E-state index is 0.505. The molecule has 1 aromatic heterocycles. The van der Waals surface area contributed by atoms with Crippen molar-refractivity contribution < 1.29 is 4.74 Å². The lowest BCUT2D eigenvalue weighted by Gasteiger charge is -2.08. The zero-order valence-electron chi connectivity index (χ0n) is 12.1. The first kappa shape index (κ1) is 15.4. The van der Waals surface area contributed by atoms with E-state index in [1.165, 1.54) is 9.75 Å². The van der Waals surface area contributed by atoms with Crippen molar-refractivity contribution in [3.8, 4) is 5.75 Å². The summed E-state index contributed by atoms with van der Waals surface area (Å²) in [6.45, 7) is 7.84. The molecule has 0 radical (unpaired) electrons. The first-order valence-electron chi connectivity index (χ1n) is 6.74. The Morgan fingerprint density at radius 1 is 1.20 bits per heavy atom. The number of hydrogen-bond acceptors (Lipinski definition) is 3. The normalized spacial score (nSPS) is 11.1. The highest BCUT2D eigenvalue weighted by Gasteiger charge is 2.04. The topological polar surface area (TPSA) is 21.3 Å². The Kier molecular flexibility index (Phi) is 5.46. The van der Waals surface area contributed by atoms with Crippen molar-refractivity contribution in [1.29, 1.82) is 0 Å². The van der Waals surface area contributed by atoms with Crippen LogP contribution in [0.2, 0.25) is 5.02 Å². The number of thiophene rings is 1. The second-order valence-corrected chi connectivity index (χ2v) is 6.79. The maximum atomic E-state index is 5.99. The number of halogens is 1. The minimum Gasteiger partial charge on any atom is -0.488 e. The van der Waals surface area contributed by atoms with E-state index in [1.807, 2.05) is 25.1 Å². The summed E-state index contributed by atoms with van der Waals surface area (Å²) in [4.78, 5) is 2.56. The molecule has 0 aliphatic rings. The molecule has 0 saturated carbocycles.